The Kier molecular flexibility index (Phi) is 4.01. The number of carbonyl (C=O) groups excluding carboxylic acids is 1. The Morgan fingerprint density at radius 2 is 2.05 bits per heavy atom. The molecule has 1 amide bonds. The first-order valence-electron chi connectivity index (χ1n) is 5.57. The van der Waals surface area contributed by atoms with Gasteiger partial charge in [0.15, 0.2) is 0 Å². The van der Waals surface area contributed by atoms with Crippen molar-refractivity contribution in [3.05, 3.63) is 57.8 Å². The van der Waals surface area contributed by atoms with Crippen LogP contribution in [0.3, 0.4) is 0 Å². The highest BCUT2D eigenvalue weighted by atomic mass is 79.9. The Bertz CT molecular complexity index is 725. The SMILES string of the molecule is N#Cc1cc(Br)ccc1NC(=O)c1ccc(N)cc1F. The normalized spacial score (nSPS) is 9.85. The number of carbonyl (C=O) groups is 1. The number of nitrogens with zero attached hydrogens (tertiary/aromatic N) is 1. The van der Waals surface area contributed by atoms with Crippen LogP contribution in [-0.2, 0) is 0 Å². The van der Waals surface area contributed by atoms with Gasteiger partial charge in [-0.2, -0.15) is 5.26 Å². The summed E-state index contributed by atoms with van der Waals surface area (Å²) in [5.41, 5.74) is 6.12. The highest BCUT2D eigenvalue weighted by Gasteiger charge is 2.13. The van der Waals surface area contributed by atoms with Crippen molar-refractivity contribution in [3.63, 3.8) is 0 Å². The minimum absolute atomic E-state index is 0.133. The van der Waals surface area contributed by atoms with Gasteiger partial charge in [0.2, 0.25) is 0 Å². The molecular formula is C14H9BrFN3O. The molecule has 0 heterocycles. The number of anilines is 2. The molecule has 0 atom stereocenters. The second-order valence-electron chi connectivity index (χ2n) is 4.00. The zero-order valence-corrected chi connectivity index (χ0v) is 11.7. The zero-order chi connectivity index (χ0) is 14.7. The van der Waals surface area contributed by atoms with Crippen LogP contribution < -0.4 is 11.1 Å². The van der Waals surface area contributed by atoms with Crippen molar-refractivity contribution in [1.82, 2.24) is 0 Å². The minimum Gasteiger partial charge on any atom is -0.399 e. The molecule has 3 N–H and O–H groups in total. The van der Waals surface area contributed by atoms with Gasteiger partial charge in [-0.25, -0.2) is 4.39 Å². The summed E-state index contributed by atoms with van der Waals surface area (Å²) >= 11 is 3.23. The lowest BCUT2D eigenvalue weighted by Gasteiger charge is -2.08. The van der Waals surface area contributed by atoms with Gasteiger partial charge in [0.25, 0.3) is 5.91 Å². The van der Waals surface area contributed by atoms with Crippen LogP contribution in [0.2, 0.25) is 0 Å². The lowest BCUT2D eigenvalue weighted by atomic mass is 10.1. The topological polar surface area (TPSA) is 78.9 Å². The molecule has 0 radical (unpaired) electrons. The fourth-order valence-corrected chi connectivity index (χ4v) is 1.98. The van der Waals surface area contributed by atoms with Crippen LogP contribution in [0.1, 0.15) is 15.9 Å². The zero-order valence-electron chi connectivity index (χ0n) is 10.2. The van der Waals surface area contributed by atoms with E-state index in [-0.39, 0.29) is 16.8 Å². The third-order valence-corrected chi connectivity index (χ3v) is 3.08. The Morgan fingerprint density at radius 3 is 2.70 bits per heavy atom. The largest absolute Gasteiger partial charge is 0.399 e. The first-order chi connectivity index (χ1) is 9.51. The van der Waals surface area contributed by atoms with Crippen LogP contribution in [0.15, 0.2) is 40.9 Å². The smallest absolute Gasteiger partial charge is 0.258 e. The van der Waals surface area contributed by atoms with E-state index >= 15 is 0 Å². The van der Waals surface area contributed by atoms with Crippen molar-refractivity contribution in [2.75, 3.05) is 11.1 Å². The van der Waals surface area contributed by atoms with E-state index in [9.17, 15) is 9.18 Å². The summed E-state index contributed by atoms with van der Waals surface area (Å²) in [5, 5.41) is 11.5. The summed E-state index contributed by atoms with van der Waals surface area (Å²) < 4.78 is 14.4. The van der Waals surface area contributed by atoms with E-state index in [1.807, 2.05) is 6.07 Å². The van der Waals surface area contributed by atoms with Crippen molar-refractivity contribution in [2.45, 2.75) is 0 Å². The number of nitrogens with one attached hydrogen (secondary N) is 1. The van der Waals surface area contributed by atoms with Crippen molar-refractivity contribution in [3.8, 4) is 6.07 Å². The first kappa shape index (κ1) is 14.0. The summed E-state index contributed by atoms with van der Waals surface area (Å²) in [6.07, 6.45) is 0. The molecule has 0 aromatic heterocycles. The van der Waals surface area contributed by atoms with E-state index in [1.165, 1.54) is 12.1 Å². The maximum atomic E-state index is 13.6. The number of halogens is 2. The van der Waals surface area contributed by atoms with Gasteiger partial charge in [0, 0.05) is 10.2 Å². The number of nitrogens with two attached hydrogens (primary N) is 1. The standard InChI is InChI=1S/C14H9BrFN3O/c15-9-1-4-13(8(5-9)7-17)19-14(20)11-3-2-10(18)6-12(11)16/h1-6H,18H2,(H,19,20). The molecule has 20 heavy (non-hydrogen) atoms. The Hall–Kier alpha value is -2.39. The van der Waals surface area contributed by atoms with E-state index < -0.39 is 11.7 Å². The average Bonchev–Trinajstić information content (AvgIpc) is 2.40. The van der Waals surface area contributed by atoms with E-state index in [0.717, 1.165) is 6.07 Å². The van der Waals surface area contributed by atoms with Crippen LogP contribution in [0, 0.1) is 17.1 Å². The maximum absolute atomic E-state index is 13.6. The molecule has 100 valence electrons. The molecule has 0 saturated carbocycles. The van der Waals surface area contributed by atoms with Crippen LogP contribution in [0.25, 0.3) is 0 Å². The average molecular weight is 334 g/mol. The number of benzene rings is 2. The fraction of sp³-hybridized carbons (Fsp3) is 0. The van der Waals surface area contributed by atoms with Crippen molar-refractivity contribution >= 4 is 33.2 Å². The molecule has 0 aliphatic carbocycles. The van der Waals surface area contributed by atoms with E-state index in [0.29, 0.717) is 10.2 Å². The second-order valence-corrected chi connectivity index (χ2v) is 4.91. The second kappa shape index (κ2) is 5.72. The van der Waals surface area contributed by atoms with Crippen molar-refractivity contribution < 1.29 is 9.18 Å². The van der Waals surface area contributed by atoms with Crippen LogP contribution in [0.5, 0.6) is 0 Å². The predicted octanol–water partition coefficient (Wildman–Crippen LogP) is 3.29. The lowest BCUT2D eigenvalue weighted by Crippen LogP contribution is -2.14. The number of hydrogen-bond donors (Lipinski definition) is 2. The van der Waals surface area contributed by atoms with Crippen LogP contribution in [0.4, 0.5) is 15.8 Å². The van der Waals surface area contributed by atoms with Gasteiger partial charge in [-0.15, -0.1) is 0 Å². The molecule has 2 rings (SSSR count). The summed E-state index contributed by atoms with van der Waals surface area (Å²) in [6.45, 7) is 0. The van der Waals surface area contributed by atoms with Gasteiger partial charge in [-0.3, -0.25) is 4.79 Å². The molecule has 0 unspecified atom stereocenters. The van der Waals surface area contributed by atoms with Crippen molar-refractivity contribution in [2.24, 2.45) is 0 Å². The molecule has 0 bridgehead atoms. The van der Waals surface area contributed by atoms with Crippen LogP contribution >= 0.6 is 15.9 Å². The molecule has 0 fully saturated rings. The number of nitriles is 1. The van der Waals surface area contributed by atoms with Gasteiger partial charge in [0.1, 0.15) is 11.9 Å². The number of rotatable bonds is 2. The third-order valence-electron chi connectivity index (χ3n) is 2.59. The van der Waals surface area contributed by atoms with Crippen LogP contribution in [-0.4, -0.2) is 5.91 Å². The summed E-state index contributed by atoms with van der Waals surface area (Å²) in [5.74, 6) is -1.35. The van der Waals surface area contributed by atoms with Gasteiger partial charge in [0.05, 0.1) is 16.8 Å². The first-order valence-corrected chi connectivity index (χ1v) is 6.36. The van der Waals surface area contributed by atoms with Gasteiger partial charge in [-0.05, 0) is 36.4 Å². The molecule has 0 spiro atoms. The molecule has 0 aliphatic rings. The fourth-order valence-electron chi connectivity index (χ4n) is 1.62. The maximum Gasteiger partial charge on any atom is 0.258 e. The Morgan fingerprint density at radius 1 is 1.30 bits per heavy atom. The number of nitrogen functional groups attached to an aromatic ring is 1. The highest BCUT2D eigenvalue weighted by Crippen LogP contribution is 2.21. The number of hydrogen-bond acceptors (Lipinski definition) is 3. The van der Waals surface area contributed by atoms with Gasteiger partial charge < -0.3 is 11.1 Å². The van der Waals surface area contributed by atoms with E-state index in [2.05, 4.69) is 21.2 Å². The predicted molar refractivity (Wildman–Crippen MR) is 77.6 cm³/mol. The Balaban J connectivity index is 2.31. The minimum atomic E-state index is -0.710. The monoisotopic (exact) mass is 333 g/mol. The molecule has 6 heteroatoms. The quantitative estimate of drug-likeness (QED) is 0.827. The molecule has 4 nitrogen and oxygen atoms in total. The van der Waals surface area contributed by atoms with Gasteiger partial charge in [-0.1, -0.05) is 15.9 Å². The number of amides is 1. The molecule has 2 aromatic rings. The van der Waals surface area contributed by atoms with E-state index in [1.54, 1.807) is 18.2 Å². The molecule has 0 aliphatic heterocycles. The highest BCUT2D eigenvalue weighted by molar-refractivity contribution is 9.10. The third kappa shape index (κ3) is 2.95. The lowest BCUT2D eigenvalue weighted by molar-refractivity contribution is 0.102. The summed E-state index contributed by atoms with van der Waals surface area (Å²) in [7, 11) is 0. The van der Waals surface area contributed by atoms with Crippen molar-refractivity contribution in [1.29, 1.82) is 5.26 Å². The molecule has 0 saturated heterocycles. The van der Waals surface area contributed by atoms with E-state index in [4.69, 9.17) is 11.0 Å². The van der Waals surface area contributed by atoms with Gasteiger partial charge >= 0.3 is 0 Å². The summed E-state index contributed by atoms with van der Waals surface area (Å²) in [4.78, 5) is 12.0. The Labute approximate surface area is 123 Å². The summed E-state index contributed by atoms with van der Waals surface area (Å²) in [6, 6.07) is 10.6. The molecular weight excluding hydrogens is 325 g/mol. The molecule has 2 aromatic carbocycles.